The fourth-order valence-electron chi connectivity index (χ4n) is 2.93. The number of aromatic carboxylic acids is 2. The smallest absolute Gasteiger partial charge is 0.355 e. The van der Waals surface area contributed by atoms with Gasteiger partial charge in [0.1, 0.15) is 10.9 Å². The number of carbonyl (C=O) groups is 2. The van der Waals surface area contributed by atoms with Gasteiger partial charge >= 0.3 is 11.9 Å². The summed E-state index contributed by atoms with van der Waals surface area (Å²) in [5, 5.41) is 19.6. The molecule has 0 aliphatic carbocycles. The van der Waals surface area contributed by atoms with Crippen molar-refractivity contribution in [2.24, 2.45) is 7.05 Å². The Bertz CT molecular complexity index is 1010. The Morgan fingerprint density at radius 3 is 2.33 bits per heavy atom. The van der Waals surface area contributed by atoms with Gasteiger partial charge in [0.15, 0.2) is 5.69 Å². The molecule has 0 saturated heterocycles. The van der Waals surface area contributed by atoms with Crippen molar-refractivity contribution in [2.45, 2.75) is 11.9 Å². The van der Waals surface area contributed by atoms with Crippen molar-refractivity contribution in [3.05, 3.63) is 59.8 Å². The normalized spacial score (nSPS) is 10.7. The molecule has 0 spiro atoms. The number of carboxylic acids is 2. The topological polar surface area (TPSA) is 92.4 Å². The Morgan fingerprint density at radius 1 is 1.04 bits per heavy atom. The van der Waals surface area contributed by atoms with E-state index in [1.54, 1.807) is 25.2 Å². The fraction of sp³-hybridized carbons (Fsp3) is 0.150. The van der Waals surface area contributed by atoms with Gasteiger partial charge in [0.25, 0.3) is 0 Å². The zero-order valence-electron chi connectivity index (χ0n) is 14.8. The van der Waals surface area contributed by atoms with Crippen molar-refractivity contribution in [3.63, 3.8) is 0 Å². The van der Waals surface area contributed by atoms with Gasteiger partial charge in [-0.15, -0.1) is 11.8 Å². The predicted molar refractivity (Wildman–Crippen MR) is 104 cm³/mol. The van der Waals surface area contributed by atoms with E-state index in [-0.39, 0.29) is 11.3 Å². The molecule has 1 aromatic heterocycles. The van der Waals surface area contributed by atoms with Gasteiger partial charge in [-0.3, -0.25) is 0 Å². The molecule has 0 aliphatic rings. The molecule has 0 saturated carbocycles. The van der Waals surface area contributed by atoms with E-state index in [4.69, 9.17) is 0 Å². The monoisotopic (exact) mass is 382 g/mol. The SMILES string of the molecule is CCSc1nc(-c2ccc(-c3ccccc3)c(C(=O)O)c2)n(C)c1C(=O)O. The molecule has 6 nitrogen and oxygen atoms in total. The second-order valence-electron chi connectivity index (χ2n) is 5.82. The van der Waals surface area contributed by atoms with Crippen LogP contribution in [0, 0.1) is 0 Å². The summed E-state index contributed by atoms with van der Waals surface area (Å²) in [7, 11) is 1.62. The van der Waals surface area contributed by atoms with Crippen LogP contribution in [0.15, 0.2) is 53.6 Å². The third-order valence-electron chi connectivity index (χ3n) is 4.14. The lowest BCUT2D eigenvalue weighted by atomic mass is 9.97. The molecule has 0 bridgehead atoms. The molecule has 138 valence electrons. The average Bonchev–Trinajstić information content (AvgIpc) is 2.98. The molecule has 2 N–H and O–H groups in total. The predicted octanol–water partition coefficient (Wildman–Crippen LogP) is 4.26. The van der Waals surface area contributed by atoms with Gasteiger partial charge in [0.05, 0.1) is 5.56 Å². The van der Waals surface area contributed by atoms with Crippen LogP contribution in [0.5, 0.6) is 0 Å². The van der Waals surface area contributed by atoms with E-state index in [0.717, 1.165) is 5.56 Å². The quantitative estimate of drug-likeness (QED) is 0.619. The molecular formula is C20H18N2O4S. The van der Waals surface area contributed by atoms with Crippen molar-refractivity contribution in [3.8, 4) is 22.5 Å². The van der Waals surface area contributed by atoms with Gasteiger partial charge in [0.2, 0.25) is 0 Å². The highest BCUT2D eigenvalue weighted by molar-refractivity contribution is 7.99. The first-order valence-corrected chi connectivity index (χ1v) is 9.28. The molecule has 3 rings (SSSR count). The van der Waals surface area contributed by atoms with Crippen LogP contribution in [0.2, 0.25) is 0 Å². The third-order valence-corrected chi connectivity index (χ3v) is 4.99. The first kappa shape index (κ1) is 18.7. The second-order valence-corrected chi connectivity index (χ2v) is 7.07. The molecule has 0 atom stereocenters. The van der Waals surface area contributed by atoms with Crippen molar-refractivity contribution in [1.29, 1.82) is 0 Å². The lowest BCUT2D eigenvalue weighted by Gasteiger charge is -2.09. The van der Waals surface area contributed by atoms with Gasteiger partial charge in [-0.1, -0.05) is 49.4 Å². The number of carboxylic acid groups (broad SMARTS) is 2. The molecule has 1 heterocycles. The highest BCUT2D eigenvalue weighted by Crippen LogP contribution is 2.31. The minimum Gasteiger partial charge on any atom is -0.478 e. The largest absolute Gasteiger partial charge is 0.478 e. The van der Waals surface area contributed by atoms with Crippen LogP contribution < -0.4 is 0 Å². The maximum atomic E-state index is 11.8. The molecule has 3 aromatic rings. The van der Waals surface area contributed by atoms with Gasteiger partial charge in [0, 0.05) is 12.6 Å². The van der Waals surface area contributed by atoms with Gasteiger partial charge < -0.3 is 14.8 Å². The lowest BCUT2D eigenvalue weighted by molar-refractivity contribution is 0.0676. The van der Waals surface area contributed by atoms with E-state index in [0.29, 0.717) is 27.7 Å². The summed E-state index contributed by atoms with van der Waals surface area (Å²) in [6.45, 7) is 1.92. The molecule has 0 aliphatic heterocycles. The average molecular weight is 382 g/mol. The molecule has 0 fully saturated rings. The molecule has 7 heteroatoms. The van der Waals surface area contributed by atoms with E-state index in [1.165, 1.54) is 16.3 Å². The molecule has 27 heavy (non-hydrogen) atoms. The summed E-state index contributed by atoms with van der Waals surface area (Å²) in [5.74, 6) is -1.01. The highest BCUT2D eigenvalue weighted by Gasteiger charge is 2.22. The van der Waals surface area contributed by atoms with E-state index in [2.05, 4.69) is 4.98 Å². The summed E-state index contributed by atoms with van der Waals surface area (Å²) < 4.78 is 1.49. The number of hydrogen-bond donors (Lipinski definition) is 2. The summed E-state index contributed by atoms with van der Waals surface area (Å²) in [4.78, 5) is 27.9. The summed E-state index contributed by atoms with van der Waals surface area (Å²) >= 11 is 1.34. The van der Waals surface area contributed by atoms with Crippen LogP contribution in [-0.2, 0) is 7.05 Å². The van der Waals surface area contributed by atoms with Gasteiger partial charge in [-0.25, -0.2) is 14.6 Å². The molecule has 2 aromatic carbocycles. The Morgan fingerprint density at radius 2 is 1.74 bits per heavy atom. The number of nitrogens with zero attached hydrogens (tertiary/aromatic N) is 2. The summed E-state index contributed by atoms with van der Waals surface area (Å²) in [6, 6.07) is 14.3. The molecule has 0 unspecified atom stereocenters. The van der Waals surface area contributed by atoms with Gasteiger partial charge in [-0.05, 0) is 22.9 Å². The van der Waals surface area contributed by atoms with Crippen molar-refractivity contribution < 1.29 is 19.8 Å². The van der Waals surface area contributed by atoms with Crippen molar-refractivity contribution in [2.75, 3.05) is 5.75 Å². The molecule has 0 radical (unpaired) electrons. The zero-order valence-corrected chi connectivity index (χ0v) is 15.7. The van der Waals surface area contributed by atoms with E-state index in [9.17, 15) is 19.8 Å². The Labute approximate surface area is 160 Å². The highest BCUT2D eigenvalue weighted by atomic mass is 32.2. The number of imidazole rings is 1. The minimum atomic E-state index is -1.06. The number of thioether (sulfide) groups is 1. The lowest BCUT2D eigenvalue weighted by Crippen LogP contribution is -2.07. The van der Waals surface area contributed by atoms with Crippen molar-refractivity contribution in [1.82, 2.24) is 9.55 Å². The van der Waals surface area contributed by atoms with Gasteiger partial charge in [-0.2, -0.15) is 0 Å². The third kappa shape index (κ3) is 3.59. The molecule has 0 amide bonds. The van der Waals surface area contributed by atoms with Crippen LogP contribution in [-0.4, -0.2) is 37.5 Å². The Hall–Kier alpha value is -3.06. The van der Waals surface area contributed by atoms with Crippen LogP contribution >= 0.6 is 11.8 Å². The first-order valence-electron chi connectivity index (χ1n) is 8.30. The summed E-state index contributed by atoms with van der Waals surface area (Å²) in [6.07, 6.45) is 0. The number of benzene rings is 2. The Kier molecular flexibility index (Phi) is 5.32. The maximum Gasteiger partial charge on any atom is 0.355 e. The maximum absolute atomic E-state index is 11.8. The number of aromatic nitrogens is 2. The Balaban J connectivity index is 2.16. The standard InChI is InChI=1S/C20H18N2O4S/c1-3-27-18-16(20(25)26)22(2)17(21-18)13-9-10-14(15(11-13)19(23)24)12-7-5-4-6-8-12/h4-11H,3H2,1-2H3,(H,23,24)(H,25,26). The van der Waals surface area contributed by atoms with Crippen LogP contribution in [0.3, 0.4) is 0 Å². The van der Waals surface area contributed by atoms with Crippen LogP contribution in [0.4, 0.5) is 0 Å². The van der Waals surface area contributed by atoms with Crippen LogP contribution in [0.25, 0.3) is 22.5 Å². The van der Waals surface area contributed by atoms with Crippen LogP contribution in [0.1, 0.15) is 27.8 Å². The number of rotatable bonds is 6. The molecular weight excluding hydrogens is 364 g/mol. The number of hydrogen-bond acceptors (Lipinski definition) is 4. The van der Waals surface area contributed by atoms with Crippen molar-refractivity contribution >= 4 is 23.7 Å². The van der Waals surface area contributed by atoms with E-state index in [1.807, 2.05) is 37.3 Å². The van der Waals surface area contributed by atoms with E-state index >= 15 is 0 Å². The fourth-order valence-corrected chi connectivity index (χ4v) is 3.72. The zero-order chi connectivity index (χ0) is 19.6. The second kappa shape index (κ2) is 7.67. The summed E-state index contributed by atoms with van der Waals surface area (Å²) in [5.41, 5.74) is 2.20. The van der Waals surface area contributed by atoms with E-state index < -0.39 is 11.9 Å². The minimum absolute atomic E-state index is 0.0980. The first-order chi connectivity index (χ1) is 12.9.